The molecule has 0 unspecified atom stereocenters. The molecule has 1 aromatic heterocycles. The van der Waals surface area contributed by atoms with Gasteiger partial charge in [-0.2, -0.15) is 0 Å². The van der Waals surface area contributed by atoms with E-state index in [-0.39, 0.29) is 0 Å². The summed E-state index contributed by atoms with van der Waals surface area (Å²) < 4.78 is 0. The molecule has 0 bridgehead atoms. The Balaban J connectivity index is 1.58. The van der Waals surface area contributed by atoms with Crippen LogP contribution < -0.4 is 5.32 Å². The Kier molecular flexibility index (Phi) is 10.3. The van der Waals surface area contributed by atoms with Gasteiger partial charge < -0.3 is 5.32 Å². The highest BCUT2D eigenvalue weighted by Crippen LogP contribution is 2.21. The van der Waals surface area contributed by atoms with Crippen LogP contribution in [0.4, 0.5) is 0 Å². The lowest BCUT2D eigenvalue weighted by atomic mass is 9.99. The predicted octanol–water partition coefficient (Wildman–Crippen LogP) is 5.44. The van der Waals surface area contributed by atoms with Crippen LogP contribution >= 0.6 is 0 Å². The molecule has 0 atom stereocenters. The normalized spacial score (nSPS) is 11.7. The average molecular weight is 352 g/mol. The van der Waals surface area contributed by atoms with Crippen molar-refractivity contribution in [3.05, 3.63) is 66.3 Å². The Morgan fingerprint density at radius 1 is 0.962 bits per heavy atom. The number of aromatic nitrogens is 2. The van der Waals surface area contributed by atoms with E-state index in [1.165, 1.54) is 55.2 Å². The van der Waals surface area contributed by atoms with Gasteiger partial charge >= 0.3 is 0 Å². The van der Waals surface area contributed by atoms with Crippen LogP contribution in [0.25, 0.3) is 5.57 Å². The van der Waals surface area contributed by atoms with E-state index in [1.54, 1.807) is 6.33 Å². The molecule has 0 saturated heterocycles. The third-order valence-corrected chi connectivity index (χ3v) is 4.58. The number of hydrogen-bond acceptors (Lipinski definition) is 3. The Morgan fingerprint density at radius 2 is 1.73 bits per heavy atom. The van der Waals surface area contributed by atoms with Crippen molar-refractivity contribution in [1.29, 1.82) is 0 Å². The van der Waals surface area contributed by atoms with Crippen molar-refractivity contribution in [2.45, 2.75) is 58.3 Å². The Hall–Kier alpha value is -2.00. The highest BCUT2D eigenvalue weighted by molar-refractivity contribution is 5.65. The molecule has 1 aromatic carbocycles. The van der Waals surface area contributed by atoms with Crippen LogP contribution in [0.5, 0.6) is 0 Å². The summed E-state index contributed by atoms with van der Waals surface area (Å²) in [4.78, 5) is 8.11. The summed E-state index contributed by atoms with van der Waals surface area (Å²) in [6.45, 7) is 4.46. The quantitative estimate of drug-likeness (QED) is 0.488. The number of nitrogens with one attached hydrogen (secondary N) is 1. The van der Waals surface area contributed by atoms with Crippen LogP contribution in [0.1, 0.15) is 63.0 Å². The summed E-state index contributed by atoms with van der Waals surface area (Å²) in [6, 6.07) is 10.8. The van der Waals surface area contributed by atoms with E-state index in [0.29, 0.717) is 0 Å². The number of hydrogen-bond donors (Lipinski definition) is 1. The molecule has 2 aromatic rings. The standard InChI is InChI=1S/C23H33N3/c1-2-3-12-22(23-13-5-4-6-14-23)15-8-10-17-24-16-9-7-11-21-18-25-20-26-19-21/h4-6,13-15,18-20,24H,2-3,7-12,16-17H2,1H3/b22-15-. The molecular weight excluding hydrogens is 318 g/mol. The van der Waals surface area contributed by atoms with Crippen LogP contribution in [0, 0.1) is 0 Å². The fraction of sp³-hybridized carbons (Fsp3) is 0.478. The van der Waals surface area contributed by atoms with Gasteiger partial charge in [0, 0.05) is 12.4 Å². The molecule has 0 amide bonds. The first-order valence-electron chi connectivity index (χ1n) is 10.1. The summed E-state index contributed by atoms with van der Waals surface area (Å²) in [7, 11) is 0. The highest BCUT2D eigenvalue weighted by Gasteiger charge is 2.00. The monoisotopic (exact) mass is 351 g/mol. The summed E-state index contributed by atoms with van der Waals surface area (Å²) in [5.74, 6) is 0. The molecule has 0 aliphatic carbocycles. The topological polar surface area (TPSA) is 37.8 Å². The van der Waals surface area contributed by atoms with Crippen molar-refractivity contribution >= 4 is 5.57 Å². The van der Waals surface area contributed by atoms with Gasteiger partial charge in [0.1, 0.15) is 6.33 Å². The second-order valence-corrected chi connectivity index (χ2v) is 6.80. The van der Waals surface area contributed by atoms with Crippen molar-refractivity contribution in [2.24, 2.45) is 0 Å². The lowest BCUT2D eigenvalue weighted by molar-refractivity contribution is 0.606. The molecule has 140 valence electrons. The molecular formula is C23H33N3. The lowest BCUT2D eigenvalue weighted by Gasteiger charge is -2.08. The second kappa shape index (κ2) is 13.2. The lowest BCUT2D eigenvalue weighted by Crippen LogP contribution is -2.16. The first-order valence-corrected chi connectivity index (χ1v) is 10.1. The number of rotatable bonds is 13. The molecule has 2 rings (SSSR count). The van der Waals surface area contributed by atoms with Crippen LogP contribution in [-0.2, 0) is 6.42 Å². The molecule has 3 nitrogen and oxygen atoms in total. The molecule has 0 aliphatic rings. The number of allylic oxidation sites excluding steroid dienone is 2. The van der Waals surface area contributed by atoms with Crippen molar-refractivity contribution in [3.63, 3.8) is 0 Å². The fourth-order valence-corrected chi connectivity index (χ4v) is 3.05. The maximum atomic E-state index is 4.06. The van der Waals surface area contributed by atoms with Crippen molar-refractivity contribution < 1.29 is 0 Å². The maximum Gasteiger partial charge on any atom is 0.115 e. The summed E-state index contributed by atoms with van der Waals surface area (Å²) >= 11 is 0. The smallest absolute Gasteiger partial charge is 0.115 e. The predicted molar refractivity (Wildman–Crippen MR) is 111 cm³/mol. The highest BCUT2D eigenvalue weighted by atomic mass is 14.8. The van der Waals surface area contributed by atoms with Crippen LogP contribution in [0.2, 0.25) is 0 Å². The van der Waals surface area contributed by atoms with Crippen molar-refractivity contribution in [3.8, 4) is 0 Å². The van der Waals surface area contributed by atoms with E-state index >= 15 is 0 Å². The molecule has 0 spiro atoms. The zero-order chi connectivity index (χ0) is 18.3. The largest absolute Gasteiger partial charge is 0.317 e. The van der Waals surface area contributed by atoms with Crippen LogP contribution in [0.3, 0.4) is 0 Å². The molecule has 1 heterocycles. The van der Waals surface area contributed by atoms with Gasteiger partial charge in [-0.1, -0.05) is 49.8 Å². The van der Waals surface area contributed by atoms with Gasteiger partial charge in [-0.25, -0.2) is 9.97 Å². The van der Waals surface area contributed by atoms with Crippen molar-refractivity contribution in [1.82, 2.24) is 15.3 Å². The third kappa shape index (κ3) is 8.39. The van der Waals surface area contributed by atoms with Gasteiger partial charge in [0.2, 0.25) is 0 Å². The van der Waals surface area contributed by atoms with Gasteiger partial charge in [0.15, 0.2) is 0 Å². The Labute approximate surface area is 159 Å². The molecule has 26 heavy (non-hydrogen) atoms. The minimum atomic E-state index is 1.07. The van der Waals surface area contributed by atoms with Gasteiger partial charge in [-0.3, -0.25) is 0 Å². The minimum absolute atomic E-state index is 1.07. The van der Waals surface area contributed by atoms with Crippen molar-refractivity contribution in [2.75, 3.05) is 13.1 Å². The molecule has 0 saturated carbocycles. The Morgan fingerprint density at radius 3 is 2.50 bits per heavy atom. The number of nitrogens with zero attached hydrogens (tertiary/aromatic N) is 2. The number of benzene rings is 1. The van der Waals surface area contributed by atoms with E-state index in [9.17, 15) is 0 Å². The van der Waals surface area contributed by atoms with Gasteiger partial charge in [0.05, 0.1) is 0 Å². The average Bonchev–Trinajstić information content (AvgIpc) is 2.70. The molecule has 0 radical (unpaired) electrons. The molecule has 0 aliphatic heterocycles. The molecule has 3 heteroatoms. The first kappa shape index (κ1) is 20.3. The molecule has 1 N–H and O–H groups in total. The minimum Gasteiger partial charge on any atom is -0.317 e. The SMILES string of the molecule is CCCC/C(=C/CCCNCCCCc1cncnc1)c1ccccc1. The summed E-state index contributed by atoms with van der Waals surface area (Å²) in [6.07, 6.45) is 17.4. The fourth-order valence-electron chi connectivity index (χ4n) is 3.05. The summed E-state index contributed by atoms with van der Waals surface area (Å²) in [5.41, 5.74) is 4.13. The van der Waals surface area contributed by atoms with E-state index in [2.05, 4.69) is 58.6 Å². The number of unbranched alkanes of at least 4 members (excludes halogenated alkanes) is 3. The van der Waals surface area contributed by atoms with E-state index < -0.39 is 0 Å². The zero-order valence-electron chi connectivity index (χ0n) is 16.2. The van der Waals surface area contributed by atoms with Crippen LogP contribution in [0.15, 0.2) is 55.1 Å². The Bertz CT molecular complexity index is 608. The first-order chi connectivity index (χ1) is 12.9. The van der Waals surface area contributed by atoms with E-state index in [4.69, 9.17) is 0 Å². The number of aryl methyl sites for hydroxylation is 1. The maximum absolute atomic E-state index is 4.06. The van der Waals surface area contributed by atoms with E-state index in [1.807, 2.05) is 12.4 Å². The summed E-state index contributed by atoms with van der Waals surface area (Å²) in [5, 5.41) is 3.57. The van der Waals surface area contributed by atoms with E-state index in [0.717, 1.165) is 25.9 Å². The van der Waals surface area contributed by atoms with Gasteiger partial charge in [0.25, 0.3) is 0 Å². The second-order valence-electron chi connectivity index (χ2n) is 6.80. The molecule has 0 fully saturated rings. The third-order valence-electron chi connectivity index (χ3n) is 4.58. The zero-order valence-corrected chi connectivity index (χ0v) is 16.2. The van der Waals surface area contributed by atoms with Gasteiger partial charge in [-0.15, -0.1) is 0 Å². The van der Waals surface area contributed by atoms with Gasteiger partial charge in [-0.05, 0) is 74.7 Å². The van der Waals surface area contributed by atoms with Crippen LogP contribution in [-0.4, -0.2) is 23.1 Å².